The Bertz CT molecular complexity index is 334. The molecule has 1 saturated carbocycles. The van der Waals surface area contributed by atoms with Crippen molar-refractivity contribution in [3.63, 3.8) is 0 Å². The van der Waals surface area contributed by atoms with Gasteiger partial charge in [0.1, 0.15) is 0 Å². The molecule has 0 saturated heterocycles. The Morgan fingerprint density at radius 2 is 1.81 bits per heavy atom. The summed E-state index contributed by atoms with van der Waals surface area (Å²) in [5, 5.41) is 9.21. The number of rotatable bonds is 3. The molecule has 4 nitrogen and oxygen atoms in total. The predicted octanol–water partition coefficient (Wildman–Crippen LogP) is 1.46. The summed E-state index contributed by atoms with van der Waals surface area (Å²) in [4.78, 5) is 23.0. The van der Waals surface area contributed by atoms with E-state index in [4.69, 9.17) is 4.74 Å². The second-order valence-electron chi connectivity index (χ2n) is 4.43. The van der Waals surface area contributed by atoms with Gasteiger partial charge in [-0.25, -0.2) is 0 Å². The van der Waals surface area contributed by atoms with Gasteiger partial charge in [0.15, 0.2) is 0 Å². The average molecular weight is 224 g/mol. The summed E-state index contributed by atoms with van der Waals surface area (Å²) in [6, 6.07) is 0. The van der Waals surface area contributed by atoms with Crippen LogP contribution in [0, 0.1) is 23.7 Å². The van der Waals surface area contributed by atoms with E-state index < -0.39 is 17.8 Å². The Labute approximate surface area is 94.3 Å². The van der Waals surface area contributed by atoms with Gasteiger partial charge >= 0.3 is 11.9 Å². The SMILES string of the molecule is CCOC(=O)[C@H]1C2C=CC(CC2)[C@@H]1C(=O)O. The van der Waals surface area contributed by atoms with Crippen LogP contribution in [0.5, 0.6) is 0 Å². The van der Waals surface area contributed by atoms with Crippen molar-refractivity contribution in [2.75, 3.05) is 6.61 Å². The molecular weight excluding hydrogens is 208 g/mol. The number of esters is 1. The lowest BCUT2D eigenvalue weighted by Crippen LogP contribution is -2.45. The van der Waals surface area contributed by atoms with Crippen LogP contribution in [0.1, 0.15) is 19.8 Å². The molecule has 1 N–H and O–H groups in total. The molecule has 0 aromatic rings. The van der Waals surface area contributed by atoms with E-state index in [9.17, 15) is 14.7 Å². The minimum absolute atomic E-state index is 0.00286. The van der Waals surface area contributed by atoms with Gasteiger partial charge in [-0.1, -0.05) is 12.2 Å². The van der Waals surface area contributed by atoms with Gasteiger partial charge in [0.25, 0.3) is 0 Å². The number of fused-ring (bicyclic) bond motifs is 2. The maximum atomic E-state index is 11.8. The van der Waals surface area contributed by atoms with E-state index in [-0.39, 0.29) is 17.8 Å². The first-order chi connectivity index (χ1) is 7.65. The van der Waals surface area contributed by atoms with Gasteiger partial charge in [-0.05, 0) is 31.6 Å². The minimum atomic E-state index is -0.878. The molecule has 2 unspecified atom stereocenters. The molecular formula is C12H16O4. The van der Waals surface area contributed by atoms with Gasteiger partial charge < -0.3 is 9.84 Å². The highest BCUT2D eigenvalue weighted by molar-refractivity contribution is 5.82. The predicted molar refractivity (Wildman–Crippen MR) is 56.6 cm³/mol. The Hall–Kier alpha value is -1.32. The third-order valence-electron chi connectivity index (χ3n) is 3.59. The lowest BCUT2D eigenvalue weighted by atomic mass is 9.62. The van der Waals surface area contributed by atoms with Crippen LogP contribution in [0.3, 0.4) is 0 Å². The highest BCUT2D eigenvalue weighted by Gasteiger charge is 2.48. The molecule has 0 heterocycles. The van der Waals surface area contributed by atoms with E-state index in [1.807, 2.05) is 12.2 Å². The van der Waals surface area contributed by atoms with E-state index in [1.165, 1.54) is 0 Å². The molecule has 2 bridgehead atoms. The second kappa shape index (κ2) is 4.28. The lowest BCUT2D eigenvalue weighted by molar-refractivity contribution is -0.163. The zero-order valence-corrected chi connectivity index (χ0v) is 9.26. The van der Waals surface area contributed by atoms with Gasteiger partial charge in [0.2, 0.25) is 0 Å². The largest absolute Gasteiger partial charge is 0.481 e. The first-order valence-electron chi connectivity index (χ1n) is 5.73. The number of aliphatic carboxylic acids is 1. The zero-order valence-electron chi connectivity index (χ0n) is 9.26. The molecule has 0 radical (unpaired) electrons. The minimum Gasteiger partial charge on any atom is -0.481 e. The first-order valence-corrected chi connectivity index (χ1v) is 5.73. The topological polar surface area (TPSA) is 63.6 Å². The Morgan fingerprint density at radius 3 is 2.25 bits per heavy atom. The monoisotopic (exact) mass is 224 g/mol. The van der Waals surface area contributed by atoms with Crippen LogP contribution in [-0.4, -0.2) is 23.7 Å². The smallest absolute Gasteiger partial charge is 0.310 e. The summed E-state index contributed by atoms with van der Waals surface area (Å²) >= 11 is 0. The van der Waals surface area contributed by atoms with Gasteiger partial charge in [-0.3, -0.25) is 9.59 Å². The normalized spacial score (nSPS) is 36.1. The van der Waals surface area contributed by atoms with Crippen LogP contribution in [0.15, 0.2) is 12.2 Å². The van der Waals surface area contributed by atoms with Crippen molar-refractivity contribution in [3.05, 3.63) is 12.2 Å². The maximum Gasteiger partial charge on any atom is 0.310 e. The molecule has 88 valence electrons. The van der Waals surface area contributed by atoms with Gasteiger partial charge in [-0.2, -0.15) is 0 Å². The summed E-state index contributed by atoms with van der Waals surface area (Å²) in [6.45, 7) is 2.05. The van der Waals surface area contributed by atoms with Crippen molar-refractivity contribution < 1.29 is 19.4 Å². The fourth-order valence-electron chi connectivity index (χ4n) is 2.89. The van der Waals surface area contributed by atoms with E-state index in [0.717, 1.165) is 12.8 Å². The molecule has 0 aromatic carbocycles. The quantitative estimate of drug-likeness (QED) is 0.582. The maximum absolute atomic E-state index is 11.8. The second-order valence-corrected chi connectivity index (χ2v) is 4.43. The van der Waals surface area contributed by atoms with Crippen molar-refractivity contribution in [2.45, 2.75) is 19.8 Å². The van der Waals surface area contributed by atoms with Crippen molar-refractivity contribution in [2.24, 2.45) is 23.7 Å². The van der Waals surface area contributed by atoms with Gasteiger partial charge in [0.05, 0.1) is 18.4 Å². The molecule has 1 fully saturated rings. The number of carboxylic acids is 1. The molecule has 0 amide bonds. The molecule has 4 atom stereocenters. The number of hydrogen-bond acceptors (Lipinski definition) is 3. The molecule has 0 aromatic heterocycles. The number of carbonyl (C=O) groups is 2. The third kappa shape index (κ3) is 1.72. The number of hydrogen-bond donors (Lipinski definition) is 1. The number of allylic oxidation sites excluding steroid dienone is 2. The highest BCUT2D eigenvalue weighted by atomic mass is 16.5. The molecule has 3 aliphatic rings. The van der Waals surface area contributed by atoms with Crippen molar-refractivity contribution in [3.8, 4) is 0 Å². The van der Waals surface area contributed by atoms with Crippen LogP contribution in [-0.2, 0) is 14.3 Å². The highest BCUT2D eigenvalue weighted by Crippen LogP contribution is 2.45. The number of ether oxygens (including phenoxy) is 1. The Kier molecular flexibility index (Phi) is 2.99. The van der Waals surface area contributed by atoms with Crippen molar-refractivity contribution in [1.29, 1.82) is 0 Å². The van der Waals surface area contributed by atoms with E-state index in [1.54, 1.807) is 6.92 Å². The van der Waals surface area contributed by atoms with E-state index >= 15 is 0 Å². The van der Waals surface area contributed by atoms with Gasteiger partial charge in [0, 0.05) is 0 Å². The van der Waals surface area contributed by atoms with Gasteiger partial charge in [-0.15, -0.1) is 0 Å². The average Bonchev–Trinajstić information content (AvgIpc) is 2.29. The zero-order chi connectivity index (χ0) is 11.7. The molecule has 3 rings (SSSR count). The Morgan fingerprint density at radius 1 is 1.25 bits per heavy atom. The molecule has 3 aliphatic carbocycles. The fourth-order valence-corrected chi connectivity index (χ4v) is 2.89. The molecule has 0 aliphatic heterocycles. The fraction of sp³-hybridized carbons (Fsp3) is 0.667. The summed E-state index contributed by atoms with van der Waals surface area (Å²) in [5.41, 5.74) is 0. The first kappa shape index (κ1) is 11.2. The van der Waals surface area contributed by atoms with Crippen LogP contribution in [0.25, 0.3) is 0 Å². The lowest BCUT2D eigenvalue weighted by Gasteiger charge is -2.41. The number of carbonyl (C=O) groups excluding carboxylic acids is 1. The standard InChI is InChI=1S/C12H16O4/c1-2-16-12(15)10-8-5-3-7(4-6-8)9(10)11(13)14/h3,5,7-10H,2,4,6H2,1H3,(H,13,14)/t7?,8?,9-,10-/m0/s1. The molecule has 16 heavy (non-hydrogen) atoms. The molecule has 0 spiro atoms. The summed E-state index contributed by atoms with van der Waals surface area (Å²) in [7, 11) is 0. The van der Waals surface area contributed by atoms with Crippen molar-refractivity contribution in [1.82, 2.24) is 0 Å². The Balaban J connectivity index is 2.24. The molecule has 4 heteroatoms. The van der Waals surface area contributed by atoms with Crippen LogP contribution < -0.4 is 0 Å². The van der Waals surface area contributed by atoms with Crippen LogP contribution in [0.2, 0.25) is 0 Å². The third-order valence-corrected chi connectivity index (χ3v) is 3.59. The van der Waals surface area contributed by atoms with Crippen LogP contribution in [0.4, 0.5) is 0 Å². The van der Waals surface area contributed by atoms with E-state index in [2.05, 4.69) is 0 Å². The number of carboxylic acid groups (broad SMARTS) is 1. The summed E-state index contributed by atoms with van der Waals surface area (Å²) in [5.74, 6) is -2.27. The van der Waals surface area contributed by atoms with Crippen molar-refractivity contribution >= 4 is 11.9 Å². The summed E-state index contributed by atoms with van der Waals surface area (Å²) in [6.07, 6.45) is 5.69. The van der Waals surface area contributed by atoms with Crippen LogP contribution >= 0.6 is 0 Å². The van der Waals surface area contributed by atoms with E-state index in [0.29, 0.717) is 6.61 Å². The summed E-state index contributed by atoms with van der Waals surface area (Å²) < 4.78 is 4.98.